The van der Waals surface area contributed by atoms with Gasteiger partial charge in [-0.05, 0) is 24.7 Å². The highest BCUT2D eigenvalue weighted by molar-refractivity contribution is 6.31. The van der Waals surface area contributed by atoms with Crippen LogP contribution in [0.4, 0.5) is 0 Å². The molecule has 0 radical (unpaired) electrons. The second-order valence-corrected chi connectivity index (χ2v) is 5.53. The Morgan fingerprint density at radius 1 is 1.56 bits per heavy atom. The van der Waals surface area contributed by atoms with Crippen LogP contribution in [-0.4, -0.2) is 15.8 Å². The van der Waals surface area contributed by atoms with Crippen LogP contribution < -0.4 is 5.73 Å². The van der Waals surface area contributed by atoms with Gasteiger partial charge in [-0.3, -0.25) is 4.68 Å². The Kier molecular flexibility index (Phi) is 3.01. The smallest absolute Gasteiger partial charge is 0.0850 e. The SMILES string of the molecule is CCc1nn(C)c(CC(N)C2(C)CC2)c1Cl. The Balaban J connectivity index is 2.17. The average molecular weight is 242 g/mol. The lowest BCUT2D eigenvalue weighted by Crippen LogP contribution is -2.32. The maximum Gasteiger partial charge on any atom is 0.0850 e. The lowest BCUT2D eigenvalue weighted by Gasteiger charge is -2.18. The standard InChI is InChI=1S/C12H20ClN3/c1-4-8-11(13)9(16(3)15-8)7-10(14)12(2)5-6-12/h10H,4-7,14H2,1-3H3. The van der Waals surface area contributed by atoms with Crippen molar-refractivity contribution in [1.29, 1.82) is 0 Å². The molecule has 1 aliphatic carbocycles. The van der Waals surface area contributed by atoms with Crippen LogP contribution >= 0.6 is 11.6 Å². The van der Waals surface area contributed by atoms with Gasteiger partial charge in [-0.15, -0.1) is 0 Å². The first-order valence-corrected chi connectivity index (χ1v) is 6.31. The molecule has 3 nitrogen and oxygen atoms in total. The molecule has 1 heterocycles. The minimum absolute atomic E-state index is 0.199. The first-order valence-electron chi connectivity index (χ1n) is 5.93. The monoisotopic (exact) mass is 241 g/mol. The summed E-state index contributed by atoms with van der Waals surface area (Å²) in [6.07, 6.45) is 4.19. The van der Waals surface area contributed by atoms with E-state index in [0.717, 1.165) is 29.3 Å². The summed E-state index contributed by atoms with van der Waals surface area (Å²) in [5.74, 6) is 0. The van der Waals surface area contributed by atoms with E-state index < -0.39 is 0 Å². The van der Waals surface area contributed by atoms with Crippen molar-refractivity contribution >= 4 is 11.6 Å². The van der Waals surface area contributed by atoms with Gasteiger partial charge in [0.15, 0.2) is 0 Å². The zero-order valence-corrected chi connectivity index (χ0v) is 11.0. The van der Waals surface area contributed by atoms with Gasteiger partial charge >= 0.3 is 0 Å². The van der Waals surface area contributed by atoms with E-state index in [0.29, 0.717) is 5.41 Å². The lowest BCUT2D eigenvalue weighted by atomic mass is 9.95. The Morgan fingerprint density at radius 3 is 2.62 bits per heavy atom. The highest BCUT2D eigenvalue weighted by atomic mass is 35.5. The molecule has 0 amide bonds. The summed E-state index contributed by atoms with van der Waals surface area (Å²) < 4.78 is 1.88. The number of nitrogens with two attached hydrogens (primary N) is 1. The predicted octanol–water partition coefficient (Wildman–Crippen LogP) is 2.31. The third kappa shape index (κ3) is 1.98. The topological polar surface area (TPSA) is 43.8 Å². The highest BCUT2D eigenvalue weighted by Gasteiger charge is 2.43. The third-order valence-electron chi connectivity index (χ3n) is 3.85. The number of aromatic nitrogens is 2. The molecule has 1 aliphatic rings. The molecule has 1 atom stereocenters. The van der Waals surface area contributed by atoms with Gasteiger partial charge in [-0.25, -0.2) is 0 Å². The summed E-state index contributed by atoms with van der Waals surface area (Å²) in [4.78, 5) is 0. The number of hydrogen-bond donors (Lipinski definition) is 1. The molecule has 90 valence electrons. The summed E-state index contributed by atoms with van der Waals surface area (Å²) in [6, 6.07) is 0.199. The molecule has 0 bridgehead atoms. The van der Waals surface area contributed by atoms with Crippen molar-refractivity contribution in [2.75, 3.05) is 0 Å². The summed E-state index contributed by atoms with van der Waals surface area (Å²) in [6.45, 7) is 4.32. The molecule has 1 saturated carbocycles. The molecule has 1 aromatic heterocycles. The van der Waals surface area contributed by atoms with Crippen LogP contribution in [-0.2, 0) is 19.9 Å². The molecule has 16 heavy (non-hydrogen) atoms. The van der Waals surface area contributed by atoms with Crippen molar-refractivity contribution in [3.05, 3.63) is 16.4 Å². The predicted molar refractivity (Wildman–Crippen MR) is 66.6 cm³/mol. The Morgan fingerprint density at radius 2 is 2.19 bits per heavy atom. The zero-order valence-electron chi connectivity index (χ0n) is 10.3. The van der Waals surface area contributed by atoms with Crippen LogP contribution in [0.25, 0.3) is 0 Å². The van der Waals surface area contributed by atoms with Crippen molar-refractivity contribution in [1.82, 2.24) is 9.78 Å². The molecule has 1 unspecified atom stereocenters. The zero-order chi connectivity index (χ0) is 11.9. The van der Waals surface area contributed by atoms with Crippen molar-refractivity contribution in [3.63, 3.8) is 0 Å². The second kappa shape index (κ2) is 4.04. The van der Waals surface area contributed by atoms with E-state index in [1.165, 1.54) is 12.8 Å². The molecular weight excluding hydrogens is 222 g/mol. The lowest BCUT2D eigenvalue weighted by molar-refractivity contribution is 0.424. The molecule has 0 saturated heterocycles. The number of rotatable bonds is 4. The third-order valence-corrected chi connectivity index (χ3v) is 4.29. The van der Waals surface area contributed by atoms with E-state index in [4.69, 9.17) is 17.3 Å². The van der Waals surface area contributed by atoms with E-state index in [1.807, 2.05) is 11.7 Å². The van der Waals surface area contributed by atoms with Gasteiger partial charge in [-0.1, -0.05) is 25.4 Å². The first kappa shape index (κ1) is 11.9. The molecule has 0 aromatic carbocycles. The number of aryl methyl sites for hydroxylation is 2. The van der Waals surface area contributed by atoms with E-state index in [9.17, 15) is 0 Å². The van der Waals surface area contributed by atoms with Gasteiger partial charge < -0.3 is 5.73 Å². The molecule has 2 N–H and O–H groups in total. The van der Waals surface area contributed by atoms with E-state index in [1.54, 1.807) is 0 Å². The quantitative estimate of drug-likeness (QED) is 0.879. The fourth-order valence-electron chi connectivity index (χ4n) is 2.06. The largest absolute Gasteiger partial charge is 0.327 e. The normalized spacial score (nSPS) is 19.8. The fourth-order valence-corrected chi connectivity index (χ4v) is 2.44. The number of nitrogens with zero attached hydrogens (tertiary/aromatic N) is 2. The van der Waals surface area contributed by atoms with E-state index >= 15 is 0 Å². The first-order chi connectivity index (χ1) is 7.48. The molecule has 1 aromatic rings. The van der Waals surface area contributed by atoms with Gasteiger partial charge in [0, 0.05) is 19.5 Å². The van der Waals surface area contributed by atoms with Crippen LogP contribution in [0.15, 0.2) is 0 Å². The molecule has 4 heteroatoms. The van der Waals surface area contributed by atoms with Crippen LogP contribution in [0, 0.1) is 5.41 Å². The Hall–Kier alpha value is -0.540. The number of hydrogen-bond acceptors (Lipinski definition) is 2. The van der Waals surface area contributed by atoms with Crippen LogP contribution in [0.5, 0.6) is 0 Å². The maximum atomic E-state index is 6.31. The van der Waals surface area contributed by atoms with Gasteiger partial charge in [0.1, 0.15) is 0 Å². The minimum Gasteiger partial charge on any atom is -0.327 e. The van der Waals surface area contributed by atoms with Crippen molar-refractivity contribution < 1.29 is 0 Å². The highest BCUT2D eigenvalue weighted by Crippen LogP contribution is 2.48. The van der Waals surface area contributed by atoms with Crippen molar-refractivity contribution in [3.8, 4) is 0 Å². The van der Waals surface area contributed by atoms with Crippen molar-refractivity contribution in [2.45, 2.75) is 45.6 Å². The van der Waals surface area contributed by atoms with Gasteiger partial charge in [-0.2, -0.15) is 5.10 Å². The molecule has 2 rings (SSSR count). The summed E-state index contributed by atoms with van der Waals surface area (Å²) in [7, 11) is 1.95. The van der Waals surface area contributed by atoms with Crippen LogP contribution in [0.2, 0.25) is 5.02 Å². The molecule has 1 fully saturated rings. The van der Waals surface area contributed by atoms with E-state index in [-0.39, 0.29) is 6.04 Å². The average Bonchev–Trinajstić information content (AvgIpc) is 2.94. The van der Waals surface area contributed by atoms with Crippen molar-refractivity contribution in [2.24, 2.45) is 18.2 Å². The molecule has 0 aliphatic heterocycles. The number of halogens is 1. The van der Waals surface area contributed by atoms with Gasteiger partial charge in [0.05, 0.1) is 16.4 Å². The summed E-state index contributed by atoms with van der Waals surface area (Å²) in [5.41, 5.74) is 8.63. The van der Waals surface area contributed by atoms with Gasteiger partial charge in [0.2, 0.25) is 0 Å². The second-order valence-electron chi connectivity index (χ2n) is 5.15. The Labute approximate surface area is 102 Å². The van der Waals surface area contributed by atoms with Crippen LogP contribution in [0.3, 0.4) is 0 Å². The fraction of sp³-hybridized carbons (Fsp3) is 0.750. The maximum absolute atomic E-state index is 6.31. The summed E-state index contributed by atoms with van der Waals surface area (Å²) in [5, 5.41) is 5.22. The van der Waals surface area contributed by atoms with E-state index in [2.05, 4.69) is 18.9 Å². The van der Waals surface area contributed by atoms with Gasteiger partial charge in [0.25, 0.3) is 0 Å². The minimum atomic E-state index is 0.199. The van der Waals surface area contributed by atoms with Crippen LogP contribution in [0.1, 0.15) is 38.1 Å². The Bertz CT molecular complexity index is 393. The molecule has 0 spiro atoms. The molecular formula is C12H20ClN3. The summed E-state index contributed by atoms with van der Waals surface area (Å²) >= 11 is 6.31.